The van der Waals surface area contributed by atoms with Crippen molar-refractivity contribution in [2.45, 2.75) is 18.9 Å². The average Bonchev–Trinajstić information content (AvgIpc) is 2.62. The Morgan fingerprint density at radius 1 is 1.08 bits per heavy atom. The number of anilines is 3. The number of halogens is 2. The molecule has 0 aliphatic carbocycles. The van der Waals surface area contributed by atoms with Crippen LogP contribution in [0.1, 0.15) is 12.8 Å². The summed E-state index contributed by atoms with van der Waals surface area (Å²) in [6.45, 7) is 2.01. The Labute approximate surface area is 165 Å². The topological polar surface area (TPSA) is 61.9 Å². The summed E-state index contributed by atoms with van der Waals surface area (Å²) in [5.74, 6) is 0.992. The van der Waals surface area contributed by atoms with Crippen molar-refractivity contribution in [2.24, 2.45) is 0 Å². The van der Waals surface area contributed by atoms with Gasteiger partial charge in [0.15, 0.2) is 0 Å². The summed E-state index contributed by atoms with van der Waals surface area (Å²) in [5.41, 5.74) is 1.49. The summed E-state index contributed by atoms with van der Waals surface area (Å²) in [4.78, 5) is 9.26. The molecule has 0 atom stereocenters. The molecule has 4 rings (SSSR count). The van der Waals surface area contributed by atoms with Gasteiger partial charge in [-0.1, -0.05) is 12.1 Å². The summed E-state index contributed by atoms with van der Waals surface area (Å²) >= 11 is 2.09. The lowest BCUT2D eigenvalue weighted by Crippen LogP contribution is -2.35. The van der Waals surface area contributed by atoms with Crippen LogP contribution in [0.5, 0.6) is 0 Å². The molecule has 3 aromatic rings. The van der Waals surface area contributed by atoms with E-state index in [0.717, 1.165) is 46.2 Å². The largest absolute Gasteiger partial charge is 0.367 e. The highest BCUT2D eigenvalue weighted by molar-refractivity contribution is 14.1. The van der Waals surface area contributed by atoms with Crippen LogP contribution in [0.25, 0.3) is 10.9 Å². The Kier molecular flexibility index (Phi) is 5.16. The third-order valence-electron chi connectivity index (χ3n) is 4.40. The minimum absolute atomic E-state index is 0.284. The number of hydrogen-bond donors (Lipinski definition) is 3. The van der Waals surface area contributed by atoms with Crippen molar-refractivity contribution in [3.63, 3.8) is 0 Å². The maximum absolute atomic E-state index is 13.7. The molecule has 1 fully saturated rings. The van der Waals surface area contributed by atoms with Crippen molar-refractivity contribution in [3.05, 3.63) is 51.9 Å². The van der Waals surface area contributed by atoms with Gasteiger partial charge in [-0.2, -0.15) is 4.98 Å². The second kappa shape index (κ2) is 7.71. The molecule has 1 saturated heterocycles. The molecule has 0 bridgehead atoms. The van der Waals surface area contributed by atoms with Gasteiger partial charge in [-0.25, -0.2) is 9.37 Å². The summed E-state index contributed by atoms with van der Waals surface area (Å²) in [7, 11) is 0. The number of aromatic nitrogens is 2. The van der Waals surface area contributed by atoms with Crippen LogP contribution < -0.4 is 16.0 Å². The zero-order valence-electron chi connectivity index (χ0n) is 14.1. The van der Waals surface area contributed by atoms with Crippen LogP contribution in [0.2, 0.25) is 0 Å². The van der Waals surface area contributed by atoms with Gasteiger partial charge in [0.25, 0.3) is 0 Å². The fourth-order valence-electron chi connectivity index (χ4n) is 3.16. The molecule has 1 aromatic heterocycles. The number of piperidine rings is 1. The van der Waals surface area contributed by atoms with E-state index in [1.807, 2.05) is 30.3 Å². The fourth-order valence-corrected chi connectivity index (χ4v) is 3.79. The molecule has 7 heteroatoms. The SMILES string of the molecule is Fc1cc(I)cc(Nc2nc(NC3CCNCC3)c3ccccc3n2)c1. The van der Waals surface area contributed by atoms with E-state index in [-0.39, 0.29) is 5.82 Å². The van der Waals surface area contributed by atoms with Crippen molar-refractivity contribution in [1.29, 1.82) is 0 Å². The van der Waals surface area contributed by atoms with E-state index in [1.54, 1.807) is 0 Å². The molecular weight excluding hydrogens is 444 g/mol. The van der Waals surface area contributed by atoms with Crippen molar-refractivity contribution in [3.8, 4) is 0 Å². The molecule has 26 heavy (non-hydrogen) atoms. The number of nitrogens with one attached hydrogen (secondary N) is 3. The van der Waals surface area contributed by atoms with Crippen LogP contribution in [0.4, 0.5) is 21.8 Å². The van der Waals surface area contributed by atoms with E-state index in [2.05, 4.69) is 48.5 Å². The first-order valence-electron chi connectivity index (χ1n) is 8.64. The first kappa shape index (κ1) is 17.4. The average molecular weight is 463 g/mol. The Morgan fingerprint density at radius 3 is 2.69 bits per heavy atom. The Hall–Kier alpha value is -2.00. The van der Waals surface area contributed by atoms with Gasteiger partial charge in [-0.15, -0.1) is 0 Å². The van der Waals surface area contributed by atoms with E-state index in [4.69, 9.17) is 0 Å². The second-order valence-electron chi connectivity index (χ2n) is 6.36. The lowest BCUT2D eigenvalue weighted by atomic mass is 10.1. The van der Waals surface area contributed by atoms with E-state index >= 15 is 0 Å². The van der Waals surface area contributed by atoms with Gasteiger partial charge in [0.2, 0.25) is 5.95 Å². The molecule has 0 radical (unpaired) electrons. The standard InChI is InChI=1S/C19H19FIN5/c20-12-9-13(21)11-15(10-12)24-19-25-17-4-2-1-3-16(17)18(26-19)23-14-5-7-22-8-6-14/h1-4,9-11,14,22H,5-8H2,(H2,23,24,25,26). The molecule has 1 aliphatic heterocycles. The minimum Gasteiger partial charge on any atom is -0.367 e. The van der Waals surface area contributed by atoms with Gasteiger partial charge >= 0.3 is 0 Å². The molecule has 0 unspecified atom stereocenters. The molecular formula is C19H19FIN5. The zero-order chi connectivity index (χ0) is 17.9. The van der Waals surface area contributed by atoms with Gasteiger partial charge < -0.3 is 16.0 Å². The van der Waals surface area contributed by atoms with Crippen LogP contribution in [-0.2, 0) is 0 Å². The van der Waals surface area contributed by atoms with Gasteiger partial charge in [-0.05, 0) is 78.9 Å². The Morgan fingerprint density at radius 2 is 1.88 bits per heavy atom. The summed E-state index contributed by atoms with van der Waals surface area (Å²) in [6, 6.07) is 13.1. The maximum atomic E-state index is 13.7. The fraction of sp³-hybridized carbons (Fsp3) is 0.263. The van der Waals surface area contributed by atoms with Gasteiger partial charge in [0.05, 0.1) is 5.52 Å². The smallest absolute Gasteiger partial charge is 0.229 e. The molecule has 5 nitrogen and oxygen atoms in total. The predicted molar refractivity (Wildman–Crippen MR) is 111 cm³/mol. The van der Waals surface area contributed by atoms with Crippen molar-refractivity contribution >= 4 is 50.9 Å². The number of rotatable bonds is 4. The van der Waals surface area contributed by atoms with E-state index < -0.39 is 0 Å². The summed E-state index contributed by atoms with van der Waals surface area (Å²) in [5, 5.41) is 11.1. The summed E-state index contributed by atoms with van der Waals surface area (Å²) in [6.07, 6.45) is 2.12. The first-order valence-corrected chi connectivity index (χ1v) is 9.72. The number of fused-ring (bicyclic) bond motifs is 1. The van der Waals surface area contributed by atoms with Gasteiger partial charge in [0.1, 0.15) is 11.6 Å². The van der Waals surface area contributed by atoms with Crippen LogP contribution in [0.15, 0.2) is 42.5 Å². The molecule has 2 aromatic carbocycles. The maximum Gasteiger partial charge on any atom is 0.229 e. The van der Waals surface area contributed by atoms with Crippen LogP contribution in [0.3, 0.4) is 0 Å². The lowest BCUT2D eigenvalue weighted by Gasteiger charge is -2.25. The molecule has 0 amide bonds. The van der Waals surface area contributed by atoms with Crippen LogP contribution >= 0.6 is 22.6 Å². The highest BCUT2D eigenvalue weighted by Crippen LogP contribution is 2.26. The monoisotopic (exact) mass is 463 g/mol. The quantitative estimate of drug-likeness (QED) is 0.505. The predicted octanol–water partition coefficient (Wildman–Crippen LogP) is 4.28. The highest BCUT2D eigenvalue weighted by Gasteiger charge is 2.16. The molecule has 134 valence electrons. The minimum atomic E-state index is -0.284. The zero-order valence-corrected chi connectivity index (χ0v) is 16.3. The van der Waals surface area contributed by atoms with Gasteiger partial charge in [-0.3, -0.25) is 0 Å². The molecule has 2 heterocycles. The number of benzene rings is 2. The van der Waals surface area contributed by atoms with Crippen LogP contribution in [0, 0.1) is 9.39 Å². The third-order valence-corrected chi connectivity index (χ3v) is 5.02. The Bertz CT molecular complexity index is 907. The first-order chi connectivity index (χ1) is 12.7. The van der Waals surface area contributed by atoms with Crippen molar-refractivity contribution in [2.75, 3.05) is 23.7 Å². The normalized spacial score (nSPS) is 15.2. The molecule has 0 saturated carbocycles. The van der Waals surface area contributed by atoms with Crippen molar-refractivity contribution in [1.82, 2.24) is 15.3 Å². The van der Waals surface area contributed by atoms with E-state index in [1.165, 1.54) is 12.1 Å². The highest BCUT2D eigenvalue weighted by atomic mass is 127. The van der Waals surface area contributed by atoms with Crippen molar-refractivity contribution < 1.29 is 4.39 Å². The lowest BCUT2D eigenvalue weighted by molar-refractivity contribution is 0.478. The second-order valence-corrected chi connectivity index (χ2v) is 7.61. The number of hydrogen-bond acceptors (Lipinski definition) is 5. The third kappa shape index (κ3) is 4.04. The molecule has 0 spiro atoms. The summed E-state index contributed by atoms with van der Waals surface area (Å²) < 4.78 is 14.5. The number of nitrogens with zero attached hydrogens (tertiary/aromatic N) is 2. The van der Waals surface area contributed by atoms with E-state index in [0.29, 0.717) is 17.7 Å². The van der Waals surface area contributed by atoms with E-state index in [9.17, 15) is 4.39 Å². The molecule has 3 N–H and O–H groups in total. The number of para-hydroxylation sites is 1. The van der Waals surface area contributed by atoms with Gasteiger partial charge in [0, 0.05) is 20.7 Å². The molecule has 1 aliphatic rings. The Balaban J connectivity index is 1.68. The van der Waals surface area contributed by atoms with Crippen LogP contribution in [-0.4, -0.2) is 29.1 Å².